The van der Waals surface area contributed by atoms with Gasteiger partial charge in [0.15, 0.2) is 0 Å². The lowest BCUT2D eigenvalue weighted by molar-refractivity contribution is 0.304. The van der Waals surface area contributed by atoms with E-state index in [-0.39, 0.29) is 5.75 Å². The lowest BCUT2D eigenvalue weighted by Gasteiger charge is -2.08. The van der Waals surface area contributed by atoms with E-state index in [0.29, 0.717) is 0 Å². The van der Waals surface area contributed by atoms with Crippen LogP contribution in [0.5, 0.6) is 11.5 Å². The second kappa shape index (κ2) is 12.9. The molecule has 166 valence electrons. The smallest absolute Gasteiger partial charge is 0.119 e. The fraction of sp³-hybridized carbons (Fsp3) is 0.429. The summed E-state index contributed by atoms with van der Waals surface area (Å²) in [7, 11) is 0. The van der Waals surface area contributed by atoms with Crippen LogP contribution in [-0.4, -0.2) is 11.7 Å². The van der Waals surface area contributed by atoms with Gasteiger partial charge in [-0.2, -0.15) is 0 Å². The Hall–Kier alpha value is -2.68. The van der Waals surface area contributed by atoms with E-state index in [4.69, 9.17) is 9.15 Å². The van der Waals surface area contributed by atoms with Gasteiger partial charge in [0.05, 0.1) is 19.1 Å². The molecule has 1 aromatic heterocycles. The zero-order valence-electron chi connectivity index (χ0n) is 18.8. The summed E-state index contributed by atoms with van der Waals surface area (Å²) in [6.45, 7) is 3.05. The van der Waals surface area contributed by atoms with Crippen molar-refractivity contribution in [3.8, 4) is 33.8 Å². The molecular weight excluding hydrogens is 384 g/mol. The third kappa shape index (κ3) is 7.50. The molecule has 0 radical (unpaired) electrons. The van der Waals surface area contributed by atoms with Crippen molar-refractivity contribution in [2.24, 2.45) is 0 Å². The van der Waals surface area contributed by atoms with Crippen LogP contribution in [-0.2, 0) is 0 Å². The molecule has 1 N–H and O–H groups in total. The van der Waals surface area contributed by atoms with E-state index in [1.165, 1.54) is 57.8 Å². The quantitative estimate of drug-likeness (QED) is 0.265. The molecule has 3 nitrogen and oxygen atoms in total. The van der Waals surface area contributed by atoms with Gasteiger partial charge in [0.2, 0.25) is 0 Å². The van der Waals surface area contributed by atoms with Gasteiger partial charge < -0.3 is 14.3 Å². The topological polar surface area (TPSA) is 42.6 Å². The van der Waals surface area contributed by atoms with Crippen LogP contribution in [0.2, 0.25) is 0 Å². The molecular formula is C28H36O3. The molecule has 0 aliphatic carbocycles. The Kier molecular flexibility index (Phi) is 9.56. The van der Waals surface area contributed by atoms with Crippen molar-refractivity contribution in [3.63, 3.8) is 0 Å². The average Bonchev–Trinajstić information content (AvgIpc) is 3.28. The molecule has 0 unspecified atom stereocenters. The molecule has 2 aromatic carbocycles. The van der Waals surface area contributed by atoms with Crippen LogP contribution in [0.3, 0.4) is 0 Å². The Labute approximate surface area is 187 Å². The zero-order chi connectivity index (χ0) is 21.7. The summed E-state index contributed by atoms with van der Waals surface area (Å²) < 4.78 is 11.4. The number of furan rings is 1. The fourth-order valence-corrected chi connectivity index (χ4v) is 3.90. The number of unbranched alkanes of at least 4 members (excludes halogenated alkanes) is 9. The minimum Gasteiger partial charge on any atom is -0.508 e. The predicted octanol–water partition coefficient (Wildman–Crippen LogP) is 8.62. The van der Waals surface area contributed by atoms with Gasteiger partial charge in [-0.3, -0.25) is 0 Å². The maximum Gasteiger partial charge on any atom is 0.119 e. The van der Waals surface area contributed by atoms with Gasteiger partial charge in [0.1, 0.15) is 11.5 Å². The van der Waals surface area contributed by atoms with Crippen LogP contribution in [0.4, 0.5) is 0 Å². The lowest BCUT2D eigenvalue weighted by atomic mass is 9.99. The van der Waals surface area contributed by atoms with E-state index in [2.05, 4.69) is 19.1 Å². The predicted molar refractivity (Wildman–Crippen MR) is 129 cm³/mol. The van der Waals surface area contributed by atoms with Gasteiger partial charge in [0.25, 0.3) is 0 Å². The summed E-state index contributed by atoms with van der Waals surface area (Å²) in [6.07, 6.45) is 16.9. The van der Waals surface area contributed by atoms with Crippen LogP contribution in [0.25, 0.3) is 22.3 Å². The number of hydrogen-bond donors (Lipinski definition) is 1. The van der Waals surface area contributed by atoms with Crippen molar-refractivity contribution in [3.05, 3.63) is 61.1 Å². The molecule has 0 aliphatic rings. The molecule has 3 rings (SSSR count). The SMILES string of the molecule is CCCCCCCCCCCCOc1ccc(-c2cocc2-c2ccc(O)cc2)cc1. The Morgan fingerprint density at radius 1 is 0.645 bits per heavy atom. The van der Waals surface area contributed by atoms with Gasteiger partial charge >= 0.3 is 0 Å². The summed E-state index contributed by atoms with van der Waals surface area (Å²) in [4.78, 5) is 0. The first-order chi connectivity index (χ1) is 15.3. The number of rotatable bonds is 14. The Morgan fingerprint density at radius 2 is 1.13 bits per heavy atom. The maximum atomic E-state index is 9.51. The number of phenolic OH excluding ortho intramolecular Hbond substituents is 1. The summed E-state index contributed by atoms with van der Waals surface area (Å²) in [5.74, 6) is 1.17. The number of ether oxygens (including phenoxy) is 1. The molecule has 3 heteroatoms. The minimum absolute atomic E-state index is 0.262. The second-order valence-electron chi connectivity index (χ2n) is 8.30. The first-order valence-corrected chi connectivity index (χ1v) is 11.9. The molecule has 0 spiro atoms. The largest absolute Gasteiger partial charge is 0.508 e. The van der Waals surface area contributed by atoms with Gasteiger partial charge in [-0.1, -0.05) is 89.0 Å². The molecule has 0 amide bonds. The first-order valence-electron chi connectivity index (χ1n) is 11.9. The van der Waals surface area contributed by atoms with Crippen LogP contribution in [0, 0.1) is 0 Å². The highest BCUT2D eigenvalue weighted by atomic mass is 16.5. The van der Waals surface area contributed by atoms with E-state index in [1.54, 1.807) is 24.7 Å². The number of benzene rings is 2. The summed E-state index contributed by atoms with van der Waals surface area (Å²) >= 11 is 0. The van der Waals surface area contributed by atoms with Crippen LogP contribution < -0.4 is 4.74 Å². The van der Waals surface area contributed by atoms with Gasteiger partial charge in [-0.25, -0.2) is 0 Å². The first kappa shape index (κ1) is 23.0. The molecule has 0 saturated carbocycles. The minimum atomic E-state index is 0.262. The standard InChI is InChI=1S/C28H36O3/c1-2-3-4-5-6-7-8-9-10-11-20-31-26-18-14-24(15-19-26)28-22-30-21-27(28)23-12-16-25(29)17-13-23/h12-19,21-22,29H,2-11,20H2,1H3. The maximum absolute atomic E-state index is 9.51. The van der Waals surface area contributed by atoms with Crippen molar-refractivity contribution in [2.75, 3.05) is 6.61 Å². The number of aromatic hydroxyl groups is 1. The highest BCUT2D eigenvalue weighted by Gasteiger charge is 2.10. The van der Waals surface area contributed by atoms with Crippen molar-refractivity contribution in [1.82, 2.24) is 0 Å². The molecule has 3 aromatic rings. The van der Waals surface area contributed by atoms with Crippen molar-refractivity contribution in [2.45, 2.75) is 71.1 Å². The summed E-state index contributed by atoms with van der Waals surface area (Å²) in [5.41, 5.74) is 4.15. The lowest BCUT2D eigenvalue weighted by Crippen LogP contribution is -1.97. The van der Waals surface area contributed by atoms with E-state index in [9.17, 15) is 5.11 Å². The van der Waals surface area contributed by atoms with E-state index >= 15 is 0 Å². The van der Waals surface area contributed by atoms with Crippen LogP contribution in [0.15, 0.2) is 65.5 Å². The van der Waals surface area contributed by atoms with Gasteiger partial charge in [0, 0.05) is 11.1 Å². The van der Waals surface area contributed by atoms with Crippen molar-refractivity contribution in [1.29, 1.82) is 0 Å². The molecule has 0 saturated heterocycles. The number of phenols is 1. The monoisotopic (exact) mass is 420 g/mol. The molecule has 1 heterocycles. The van der Waals surface area contributed by atoms with Crippen molar-refractivity contribution < 1.29 is 14.3 Å². The highest BCUT2D eigenvalue weighted by molar-refractivity contribution is 5.82. The van der Waals surface area contributed by atoms with Crippen molar-refractivity contribution >= 4 is 0 Å². The van der Waals surface area contributed by atoms with E-state index < -0.39 is 0 Å². The van der Waals surface area contributed by atoms with Crippen LogP contribution in [0.1, 0.15) is 71.1 Å². The Bertz CT molecular complexity index is 862. The third-order valence-electron chi connectivity index (χ3n) is 5.77. The summed E-state index contributed by atoms with van der Waals surface area (Å²) in [6, 6.07) is 15.4. The van der Waals surface area contributed by atoms with Gasteiger partial charge in [-0.15, -0.1) is 0 Å². The fourth-order valence-electron chi connectivity index (χ4n) is 3.90. The van der Waals surface area contributed by atoms with E-state index in [0.717, 1.165) is 41.0 Å². The van der Waals surface area contributed by atoms with E-state index in [1.807, 2.05) is 24.3 Å². The molecule has 31 heavy (non-hydrogen) atoms. The molecule has 0 fully saturated rings. The molecule has 0 bridgehead atoms. The summed E-state index contributed by atoms with van der Waals surface area (Å²) in [5, 5.41) is 9.51. The zero-order valence-corrected chi connectivity index (χ0v) is 18.8. The normalized spacial score (nSPS) is 11.0. The Balaban J connectivity index is 1.38. The second-order valence-corrected chi connectivity index (χ2v) is 8.30. The van der Waals surface area contributed by atoms with Gasteiger partial charge in [-0.05, 0) is 41.8 Å². The third-order valence-corrected chi connectivity index (χ3v) is 5.77. The molecule has 0 atom stereocenters. The van der Waals surface area contributed by atoms with Crippen LogP contribution >= 0.6 is 0 Å². The Morgan fingerprint density at radius 3 is 1.68 bits per heavy atom. The molecule has 0 aliphatic heterocycles. The highest BCUT2D eigenvalue weighted by Crippen LogP contribution is 2.34. The number of hydrogen-bond acceptors (Lipinski definition) is 3. The average molecular weight is 421 g/mol.